The number of nitrogens with one attached hydrogen (secondary N) is 1. The van der Waals surface area contributed by atoms with Crippen molar-refractivity contribution in [1.29, 1.82) is 0 Å². The predicted octanol–water partition coefficient (Wildman–Crippen LogP) is 4.24. The number of hydrogen-bond acceptors (Lipinski definition) is 6. The molecule has 12 heteroatoms. The molecule has 1 aromatic carbocycles. The lowest BCUT2D eigenvalue weighted by molar-refractivity contribution is -0.139. The second-order valence-corrected chi connectivity index (χ2v) is 11.5. The molecule has 3 aromatic rings. The van der Waals surface area contributed by atoms with Gasteiger partial charge in [-0.25, -0.2) is 22.6 Å². The molecule has 2 aliphatic rings. The summed E-state index contributed by atoms with van der Waals surface area (Å²) in [5.74, 6) is 0.395. The van der Waals surface area contributed by atoms with Crippen molar-refractivity contribution >= 4 is 26.3 Å². The van der Waals surface area contributed by atoms with Crippen LogP contribution in [0.1, 0.15) is 60.7 Å². The Hall–Kier alpha value is -2.02. The molecule has 5 rings (SSSR count). The molecule has 0 bridgehead atoms. The molecule has 2 fully saturated rings. The zero-order valence-electron chi connectivity index (χ0n) is 17.8. The van der Waals surface area contributed by atoms with E-state index in [4.69, 9.17) is 0 Å². The van der Waals surface area contributed by atoms with Crippen molar-refractivity contribution < 1.29 is 26.7 Å². The number of alkyl halides is 3. The maximum Gasteiger partial charge on any atom is 0.417 e. The SMILES string of the molecule is Cc1nc2sc(C3CC3)nn2c1-c1ccc(C(F)(F)F)c(S(=O)(=O)N[C@H]2CC[C@H](O)CC2)c1. The number of aromatic nitrogens is 3. The summed E-state index contributed by atoms with van der Waals surface area (Å²) in [4.78, 5) is 4.31. The number of rotatable bonds is 5. The molecule has 0 unspecified atom stereocenters. The lowest BCUT2D eigenvalue weighted by atomic mass is 9.94. The van der Waals surface area contributed by atoms with Crippen LogP contribution in [-0.4, -0.2) is 40.3 Å². The first-order valence-electron chi connectivity index (χ1n) is 10.8. The van der Waals surface area contributed by atoms with Crippen molar-refractivity contribution in [2.45, 2.75) is 74.6 Å². The number of benzene rings is 1. The van der Waals surface area contributed by atoms with Crippen LogP contribution in [0.5, 0.6) is 0 Å². The highest BCUT2D eigenvalue weighted by Crippen LogP contribution is 2.43. The topological polar surface area (TPSA) is 96.6 Å². The summed E-state index contributed by atoms with van der Waals surface area (Å²) in [7, 11) is -4.47. The number of aliphatic hydroxyl groups excluding tert-OH is 1. The summed E-state index contributed by atoms with van der Waals surface area (Å²) in [6.07, 6.45) is -1.70. The van der Waals surface area contributed by atoms with Gasteiger partial charge in [-0.2, -0.15) is 18.3 Å². The summed E-state index contributed by atoms with van der Waals surface area (Å²) < 4.78 is 71.5. The molecule has 0 saturated heterocycles. The molecule has 0 radical (unpaired) electrons. The van der Waals surface area contributed by atoms with E-state index in [0.717, 1.165) is 30.0 Å². The van der Waals surface area contributed by atoms with Gasteiger partial charge in [0, 0.05) is 17.5 Å². The third-order valence-corrected chi connectivity index (χ3v) is 8.82. The molecule has 2 aliphatic carbocycles. The number of nitrogens with zero attached hydrogens (tertiary/aromatic N) is 3. The molecule has 2 saturated carbocycles. The Labute approximate surface area is 192 Å². The monoisotopic (exact) mass is 500 g/mol. The van der Waals surface area contributed by atoms with E-state index in [-0.39, 0.29) is 0 Å². The van der Waals surface area contributed by atoms with E-state index in [1.807, 2.05) is 0 Å². The summed E-state index contributed by atoms with van der Waals surface area (Å²) in [6, 6.07) is 2.62. The minimum atomic E-state index is -4.84. The molecule has 33 heavy (non-hydrogen) atoms. The second-order valence-electron chi connectivity index (χ2n) is 8.79. The maximum absolute atomic E-state index is 13.8. The molecule has 2 N–H and O–H groups in total. The molecule has 2 aromatic heterocycles. The van der Waals surface area contributed by atoms with Crippen LogP contribution in [0.3, 0.4) is 0 Å². The first-order valence-corrected chi connectivity index (χ1v) is 13.1. The van der Waals surface area contributed by atoms with Gasteiger partial charge < -0.3 is 5.11 Å². The average molecular weight is 501 g/mol. The number of sulfonamides is 1. The van der Waals surface area contributed by atoms with Crippen LogP contribution in [0, 0.1) is 6.92 Å². The van der Waals surface area contributed by atoms with Gasteiger partial charge in [0.1, 0.15) is 5.01 Å². The molecule has 0 spiro atoms. The van der Waals surface area contributed by atoms with E-state index >= 15 is 0 Å². The van der Waals surface area contributed by atoms with Gasteiger partial charge in [-0.3, -0.25) is 0 Å². The van der Waals surface area contributed by atoms with E-state index in [9.17, 15) is 26.7 Å². The quantitative estimate of drug-likeness (QED) is 0.546. The fourth-order valence-corrected chi connectivity index (χ4v) is 6.96. The summed E-state index contributed by atoms with van der Waals surface area (Å²) in [5, 5.41) is 15.2. The number of imidazole rings is 1. The standard InChI is InChI=1S/C21H23F3N4O3S2/c1-11-18(28-20(25-11)32-19(26-28)12-2-3-12)13-4-9-16(21(22,23)24)17(10-13)33(30,31)27-14-5-7-15(29)8-6-14/h4,9-10,12,14-15,27,29H,2-3,5-8H2,1H3/t14-,15-. The Bertz CT molecular complexity index is 1300. The van der Waals surface area contributed by atoms with Gasteiger partial charge in [0.2, 0.25) is 15.0 Å². The number of fused-ring (bicyclic) bond motifs is 1. The third-order valence-electron chi connectivity index (χ3n) is 6.19. The number of hydrogen-bond donors (Lipinski definition) is 2. The minimum Gasteiger partial charge on any atom is -0.393 e. The highest BCUT2D eigenvalue weighted by molar-refractivity contribution is 7.89. The van der Waals surface area contributed by atoms with Crippen molar-refractivity contribution in [3.8, 4) is 11.3 Å². The zero-order valence-corrected chi connectivity index (χ0v) is 19.4. The van der Waals surface area contributed by atoms with Crippen molar-refractivity contribution in [2.24, 2.45) is 0 Å². The largest absolute Gasteiger partial charge is 0.417 e. The van der Waals surface area contributed by atoms with Crippen molar-refractivity contribution in [1.82, 2.24) is 19.3 Å². The highest BCUT2D eigenvalue weighted by atomic mass is 32.2. The first kappa shape index (κ1) is 22.8. The van der Waals surface area contributed by atoms with Crippen LogP contribution in [0.15, 0.2) is 23.1 Å². The second kappa shape index (κ2) is 8.03. The molecule has 0 atom stereocenters. The number of halogens is 3. The van der Waals surface area contributed by atoms with Gasteiger partial charge in [0.05, 0.1) is 28.0 Å². The van der Waals surface area contributed by atoms with Crippen molar-refractivity contribution in [3.05, 3.63) is 34.5 Å². The average Bonchev–Trinajstić information content (AvgIpc) is 3.44. The molecule has 0 amide bonds. The Morgan fingerprint density at radius 3 is 2.48 bits per heavy atom. The van der Waals surface area contributed by atoms with E-state index in [0.29, 0.717) is 53.5 Å². The van der Waals surface area contributed by atoms with Crippen molar-refractivity contribution in [2.75, 3.05) is 0 Å². The first-order chi connectivity index (χ1) is 15.5. The van der Waals surface area contributed by atoms with Gasteiger partial charge in [-0.15, -0.1) is 0 Å². The van der Waals surface area contributed by atoms with E-state index in [1.165, 1.54) is 17.4 Å². The van der Waals surface area contributed by atoms with E-state index in [2.05, 4.69) is 14.8 Å². The summed E-state index contributed by atoms with van der Waals surface area (Å²) in [5.41, 5.74) is 0.137. The van der Waals surface area contributed by atoms with Crippen LogP contribution in [0.2, 0.25) is 0 Å². The Kier molecular flexibility index (Phi) is 5.54. The molecule has 0 aliphatic heterocycles. The minimum absolute atomic E-state index is 0.306. The molecule has 178 valence electrons. The van der Waals surface area contributed by atoms with Gasteiger partial charge in [-0.1, -0.05) is 17.4 Å². The normalized spacial score (nSPS) is 22.2. The molecule has 2 heterocycles. The fourth-order valence-electron chi connectivity index (χ4n) is 4.29. The Morgan fingerprint density at radius 2 is 1.85 bits per heavy atom. The smallest absolute Gasteiger partial charge is 0.393 e. The van der Waals surface area contributed by atoms with Crippen LogP contribution in [-0.2, 0) is 16.2 Å². The van der Waals surface area contributed by atoms with Gasteiger partial charge in [0.15, 0.2) is 0 Å². The lowest BCUT2D eigenvalue weighted by Crippen LogP contribution is -2.39. The van der Waals surface area contributed by atoms with E-state index < -0.39 is 38.8 Å². The van der Waals surface area contributed by atoms with Crippen LogP contribution < -0.4 is 4.72 Å². The van der Waals surface area contributed by atoms with Gasteiger partial charge in [0.25, 0.3) is 0 Å². The third kappa shape index (κ3) is 4.41. The van der Waals surface area contributed by atoms with Crippen molar-refractivity contribution in [3.63, 3.8) is 0 Å². The lowest BCUT2D eigenvalue weighted by Gasteiger charge is -2.26. The van der Waals surface area contributed by atoms with Gasteiger partial charge in [-0.05, 0) is 57.6 Å². The van der Waals surface area contributed by atoms with E-state index in [1.54, 1.807) is 11.4 Å². The molecular formula is C21H23F3N4O3S2. The number of aryl methyl sites for hydroxylation is 1. The zero-order chi connectivity index (χ0) is 23.5. The number of aliphatic hydroxyl groups is 1. The van der Waals surface area contributed by atoms with Crippen LogP contribution in [0.4, 0.5) is 13.2 Å². The van der Waals surface area contributed by atoms with Crippen LogP contribution >= 0.6 is 11.3 Å². The van der Waals surface area contributed by atoms with Crippen LogP contribution in [0.25, 0.3) is 16.2 Å². The fraction of sp³-hybridized carbons (Fsp3) is 0.524. The molecule has 7 nitrogen and oxygen atoms in total. The Morgan fingerprint density at radius 1 is 1.15 bits per heavy atom. The Balaban J connectivity index is 1.58. The maximum atomic E-state index is 13.8. The summed E-state index contributed by atoms with van der Waals surface area (Å²) >= 11 is 1.45. The summed E-state index contributed by atoms with van der Waals surface area (Å²) in [6.45, 7) is 1.73. The predicted molar refractivity (Wildman–Crippen MR) is 117 cm³/mol. The molecular weight excluding hydrogens is 477 g/mol. The highest BCUT2D eigenvalue weighted by Gasteiger charge is 2.39. The van der Waals surface area contributed by atoms with Gasteiger partial charge >= 0.3 is 6.18 Å².